The zero-order valence-electron chi connectivity index (χ0n) is 16.7. The predicted octanol–water partition coefficient (Wildman–Crippen LogP) is 2.70. The van der Waals surface area contributed by atoms with Gasteiger partial charge in [0.25, 0.3) is 11.8 Å². The Balaban J connectivity index is 1.73. The molecule has 0 radical (unpaired) electrons. The van der Waals surface area contributed by atoms with Crippen LogP contribution in [0.25, 0.3) is 0 Å². The molecule has 1 atom stereocenters. The highest BCUT2D eigenvalue weighted by Crippen LogP contribution is 2.32. The molecule has 7 nitrogen and oxygen atoms in total. The highest BCUT2D eigenvalue weighted by atomic mass is 16.5. The highest BCUT2D eigenvalue weighted by Gasteiger charge is 2.49. The van der Waals surface area contributed by atoms with E-state index in [-0.39, 0.29) is 18.2 Å². The second-order valence-electron chi connectivity index (χ2n) is 6.89. The maximum Gasteiger partial charge on any atom is 0.281 e. The molecule has 4 rings (SSSR count). The van der Waals surface area contributed by atoms with Crippen molar-refractivity contribution in [3.8, 4) is 11.5 Å². The van der Waals surface area contributed by atoms with Crippen molar-refractivity contribution < 1.29 is 19.1 Å². The van der Waals surface area contributed by atoms with Crippen molar-refractivity contribution in [1.29, 1.82) is 0 Å². The minimum absolute atomic E-state index is 0.159. The topological polar surface area (TPSA) is 80.2 Å². The van der Waals surface area contributed by atoms with E-state index in [1.54, 1.807) is 75.0 Å². The number of nitrogens with one attached hydrogen (secondary N) is 1. The van der Waals surface area contributed by atoms with Crippen LogP contribution in [-0.4, -0.2) is 42.4 Å². The summed E-state index contributed by atoms with van der Waals surface area (Å²) in [7, 11) is 3.10. The number of benzene rings is 2. The predicted molar refractivity (Wildman–Crippen MR) is 112 cm³/mol. The van der Waals surface area contributed by atoms with Gasteiger partial charge in [-0.1, -0.05) is 30.3 Å². The van der Waals surface area contributed by atoms with Crippen LogP contribution in [0.5, 0.6) is 11.5 Å². The summed E-state index contributed by atoms with van der Waals surface area (Å²) in [6.45, 7) is 0. The lowest BCUT2D eigenvalue weighted by molar-refractivity contribution is -0.130. The number of fused-ring (bicyclic) bond motifs is 1. The minimum Gasteiger partial charge on any atom is -0.493 e. The number of hydrogen-bond acceptors (Lipinski definition) is 5. The molecule has 2 aliphatic heterocycles. The molecule has 0 spiro atoms. The number of allylic oxidation sites excluding steroid dienone is 2. The second kappa shape index (κ2) is 7.87. The summed E-state index contributed by atoms with van der Waals surface area (Å²) in [6.07, 6.45) is 7.10. The largest absolute Gasteiger partial charge is 0.493 e. The third-order valence-electron chi connectivity index (χ3n) is 4.98. The Kier molecular flexibility index (Phi) is 5.10. The molecule has 0 aliphatic carbocycles. The van der Waals surface area contributed by atoms with Gasteiger partial charge in [-0.25, -0.2) is 4.99 Å². The summed E-state index contributed by atoms with van der Waals surface area (Å²) in [4.78, 5) is 32.4. The number of aliphatic imine (C=N–C) groups is 1. The molecule has 0 saturated carbocycles. The first kappa shape index (κ1) is 19.4. The molecule has 2 aromatic rings. The molecule has 0 saturated heterocycles. The van der Waals surface area contributed by atoms with Gasteiger partial charge in [0.2, 0.25) is 5.66 Å². The molecule has 30 heavy (non-hydrogen) atoms. The summed E-state index contributed by atoms with van der Waals surface area (Å²) in [5.74, 6) is 0.904. The number of methoxy groups -OCH3 is 2. The Morgan fingerprint density at radius 2 is 1.83 bits per heavy atom. The van der Waals surface area contributed by atoms with Gasteiger partial charge in [0, 0.05) is 18.2 Å². The van der Waals surface area contributed by atoms with Gasteiger partial charge in [-0.2, -0.15) is 0 Å². The van der Waals surface area contributed by atoms with E-state index in [0.717, 1.165) is 5.56 Å². The van der Waals surface area contributed by atoms with E-state index >= 15 is 0 Å². The summed E-state index contributed by atoms with van der Waals surface area (Å²) in [6, 6.07) is 14.1. The monoisotopic (exact) mass is 403 g/mol. The van der Waals surface area contributed by atoms with Crippen LogP contribution < -0.4 is 14.8 Å². The number of amidine groups is 1. The Morgan fingerprint density at radius 1 is 1.07 bits per heavy atom. The summed E-state index contributed by atoms with van der Waals surface area (Å²) < 4.78 is 10.7. The van der Waals surface area contributed by atoms with E-state index < -0.39 is 5.66 Å². The van der Waals surface area contributed by atoms with Crippen LogP contribution in [0, 0.1) is 0 Å². The van der Waals surface area contributed by atoms with Crippen LogP contribution in [0.1, 0.15) is 15.9 Å². The van der Waals surface area contributed by atoms with Crippen molar-refractivity contribution in [2.75, 3.05) is 14.2 Å². The summed E-state index contributed by atoms with van der Waals surface area (Å²) in [5, 5.41) is 2.87. The Labute approximate surface area is 174 Å². The molecule has 2 aromatic carbocycles. The van der Waals surface area contributed by atoms with E-state index in [9.17, 15) is 9.59 Å². The lowest BCUT2D eigenvalue weighted by Crippen LogP contribution is -2.55. The quantitative estimate of drug-likeness (QED) is 0.804. The van der Waals surface area contributed by atoms with E-state index in [4.69, 9.17) is 9.47 Å². The molecule has 0 aromatic heterocycles. The smallest absolute Gasteiger partial charge is 0.281 e. The Bertz CT molecular complexity index is 1080. The third-order valence-corrected chi connectivity index (χ3v) is 4.98. The van der Waals surface area contributed by atoms with Crippen molar-refractivity contribution in [1.82, 2.24) is 10.2 Å². The molecule has 7 heteroatoms. The zero-order chi connectivity index (χ0) is 21.1. The lowest BCUT2D eigenvalue weighted by Gasteiger charge is -2.27. The molecular formula is C23H21N3O4. The van der Waals surface area contributed by atoms with E-state index in [0.29, 0.717) is 22.9 Å². The van der Waals surface area contributed by atoms with E-state index in [1.807, 2.05) is 12.1 Å². The molecule has 0 bridgehead atoms. The fourth-order valence-electron chi connectivity index (χ4n) is 3.52. The number of nitrogens with zero attached hydrogens (tertiary/aromatic N) is 2. The molecular weight excluding hydrogens is 382 g/mol. The highest BCUT2D eigenvalue weighted by molar-refractivity contribution is 6.15. The fraction of sp³-hybridized carbons (Fsp3) is 0.174. The average molecular weight is 403 g/mol. The van der Waals surface area contributed by atoms with E-state index in [2.05, 4.69) is 10.3 Å². The van der Waals surface area contributed by atoms with Crippen LogP contribution in [0.2, 0.25) is 0 Å². The maximum atomic E-state index is 13.4. The van der Waals surface area contributed by atoms with Gasteiger partial charge in [-0.05, 0) is 42.0 Å². The van der Waals surface area contributed by atoms with Crippen molar-refractivity contribution in [3.63, 3.8) is 0 Å². The number of ether oxygens (including phenoxy) is 2. The Morgan fingerprint density at radius 3 is 2.53 bits per heavy atom. The molecule has 2 heterocycles. The standard InChI is InChI=1S/C23H21N3O4/c1-29-18-12-11-16(14-19(18)30-2)15-23(25-21(27)17-8-4-3-5-9-17)22(28)26-13-7-6-10-20(26)24-23/h3-14H,15H2,1-2H3,(H,25,27)/t23-/m1/s1. The SMILES string of the molecule is COc1ccc(C[C@]2(NC(=O)c3ccccc3)N=C3C=CC=CN3C2=O)cc1OC. The van der Waals surface area contributed by atoms with Crippen LogP contribution in [0.3, 0.4) is 0 Å². The molecule has 1 N–H and O–H groups in total. The summed E-state index contributed by atoms with van der Waals surface area (Å²) >= 11 is 0. The average Bonchev–Trinajstić information content (AvgIpc) is 3.05. The minimum atomic E-state index is -1.47. The van der Waals surface area contributed by atoms with Crippen molar-refractivity contribution >= 4 is 17.6 Å². The lowest BCUT2D eigenvalue weighted by atomic mass is 9.98. The van der Waals surface area contributed by atoms with Gasteiger partial charge in [-0.15, -0.1) is 0 Å². The molecule has 2 aliphatic rings. The van der Waals surface area contributed by atoms with Gasteiger partial charge in [0.05, 0.1) is 14.2 Å². The van der Waals surface area contributed by atoms with Gasteiger partial charge >= 0.3 is 0 Å². The first-order valence-electron chi connectivity index (χ1n) is 9.43. The van der Waals surface area contributed by atoms with Gasteiger partial charge < -0.3 is 14.8 Å². The molecule has 2 amide bonds. The van der Waals surface area contributed by atoms with Crippen LogP contribution in [0.4, 0.5) is 0 Å². The first-order valence-corrected chi connectivity index (χ1v) is 9.43. The van der Waals surface area contributed by atoms with Crippen molar-refractivity contribution in [3.05, 3.63) is 84.1 Å². The fourth-order valence-corrected chi connectivity index (χ4v) is 3.52. The second-order valence-corrected chi connectivity index (χ2v) is 6.89. The molecule has 0 fully saturated rings. The number of carbonyl (C=O) groups is 2. The number of hydrogen-bond donors (Lipinski definition) is 1. The van der Waals surface area contributed by atoms with Gasteiger partial charge in [-0.3, -0.25) is 14.5 Å². The zero-order valence-corrected chi connectivity index (χ0v) is 16.7. The number of carbonyl (C=O) groups excluding carboxylic acids is 2. The normalized spacial score (nSPS) is 19.3. The van der Waals surface area contributed by atoms with Crippen molar-refractivity contribution in [2.24, 2.45) is 4.99 Å². The van der Waals surface area contributed by atoms with E-state index in [1.165, 1.54) is 4.90 Å². The molecule has 0 unspecified atom stereocenters. The van der Waals surface area contributed by atoms with Gasteiger partial charge in [0.15, 0.2) is 11.5 Å². The third kappa shape index (κ3) is 3.45. The van der Waals surface area contributed by atoms with Crippen LogP contribution in [-0.2, 0) is 11.2 Å². The number of rotatable bonds is 6. The first-order chi connectivity index (χ1) is 14.6. The summed E-state index contributed by atoms with van der Waals surface area (Å²) in [5.41, 5.74) is -0.249. The Hall–Kier alpha value is -3.87. The van der Waals surface area contributed by atoms with Crippen LogP contribution in [0.15, 0.2) is 78.0 Å². The number of amides is 2. The van der Waals surface area contributed by atoms with Crippen molar-refractivity contribution in [2.45, 2.75) is 12.1 Å². The van der Waals surface area contributed by atoms with Gasteiger partial charge in [0.1, 0.15) is 5.84 Å². The van der Waals surface area contributed by atoms with Crippen LogP contribution >= 0.6 is 0 Å². The maximum absolute atomic E-state index is 13.4. The molecule has 152 valence electrons.